The van der Waals surface area contributed by atoms with Gasteiger partial charge in [0.2, 0.25) is 0 Å². The van der Waals surface area contributed by atoms with Crippen molar-refractivity contribution in [2.24, 2.45) is 5.41 Å². The molecule has 0 unspecified atom stereocenters. The van der Waals surface area contributed by atoms with Crippen molar-refractivity contribution in [3.63, 3.8) is 0 Å². The molecule has 0 atom stereocenters. The molecule has 1 fully saturated rings. The van der Waals surface area contributed by atoms with Crippen LogP contribution in [0.5, 0.6) is 0 Å². The minimum atomic E-state index is -0.0241. The number of benzene rings is 3. The lowest BCUT2D eigenvalue weighted by Crippen LogP contribution is -2.30. The SMILES string of the molecule is C.CCc1cccc(CCC(=O)CC2(Cc3nc4cc(-c5ccccc5)ccc4o3)CCCCC2)c1. The molecule has 1 aromatic heterocycles. The van der Waals surface area contributed by atoms with E-state index in [0.29, 0.717) is 18.6 Å². The van der Waals surface area contributed by atoms with Gasteiger partial charge in [-0.15, -0.1) is 0 Å². The van der Waals surface area contributed by atoms with E-state index in [-0.39, 0.29) is 12.8 Å². The van der Waals surface area contributed by atoms with Crippen LogP contribution in [0.15, 0.2) is 77.2 Å². The number of nitrogens with zero attached hydrogens (tertiary/aromatic N) is 1. The summed E-state index contributed by atoms with van der Waals surface area (Å²) in [5.41, 5.74) is 6.63. The molecular formula is C33H39NO2. The highest BCUT2D eigenvalue weighted by Crippen LogP contribution is 2.43. The number of ketones is 1. The van der Waals surface area contributed by atoms with Gasteiger partial charge in [-0.1, -0.05) is 94.3 Å². The Kier molecular flexibility index (Phi) is 8.40. The topological polar surface area (TPSA) is 43.1 Å². The Labute approximate surface area is 216 Å². The van der Waals surface area contributed by atoms with E-state index in [2.05, 4.69) is 67.6 Å². The summed E-state index contributed by atoms with van der Waals surface area (Å²) in [6.07, 6.45) is 9.64. The van der Waals surface area contributed by atoms with Crippen molar-refractivity contribution in [1.82, 2.24) is 4.98 Å². The number of rotatable bonds is 9. The van der Waals surface area contributed by atoms with E-state index >= 15 is 0 Å². The summed E-state index contributed by atoms with van der Waals surface area (Å²) in [4.78, 5) is 18.0. The van der Waals surface area contributed by atoms with Crippen LogP contribution in [0.3, 0.4) is 0 Å². The summed E-state index contributed by atoms with van der Waals surface area (Å²) in [7, 11) is 0. The Morgan fingerprint density at radius 1 is 0.889 bits per heavy atom. The van der Waals surface area contributed by atoms with Crippen molar-refractivity contribution < 1.29 is 9.21 Å². The lowest BCUT2D eigenvalue weighted by atomic mass is 9.68. The molecule has 1 saturated carbocycles. The van der Waals surface area contributed by atoms with Crippen LogP contribution in [-0.4, -0.2) is 10.8 Å². The van der Waals surface area contributed by atoms with E-state index in [0.717, 1.165) is 54.7 Å². The predicted octanol–water partition coefficient (Wildman–Crippen LogP) is 8.78. The molecule has 0 amide bonds. The molecule has 5 rings (SSSR count). The van der Waals surface area contributed by atoms with Crippen LogP contribution < -0.4 is 0 Å². The van der Waals surface area contributed by atoms with Crippen molar-refractivity contribution in [1.29, 1.82) is 0 Å². The van der Waals surface area contributed by atoms with E-state index in [4.69, 9.17) is 9.40 Å². The van der Waals surface area contributed by atoms with Gasteiger partial charge < -0.3 is 4.42 Å². The molecule has 0 spiro atoms. The summed E-state index contributed by atoms with van der Waals surface area (Å²) in [5.74, 6) is 1.15. The first-order valence-corrected chi connectivity index (χ1v) is 13.2. The highest BCUT2D eigenvalue weighted by atomic mass is 16.3. The van der Waals surface area contributed by atoms with Gasteiger partial charge in [0.15, 0.2) is 11.5 Å². The van der Waals surface area contributed by atoms with Gasteiger partial charge >= 0.3 is 0 Å². The number of aromatic nitrogens is 1. The van der Waals surface area contributed by atoms with Crippen LogP contribution in [0, 0.1) is 5.41 Å². The Balaban J connectivity index is 0.00000304. The maximum atomic E-state index is 13.2. The van der Waals surface area contributed by atoms with Crippen molar-refractivity contribution >= 4 is 16.9 Å². The monoisotopic (exact) mass is 481 g/mol. The molecule has 0 bridgehead atoms. The van der Waals surface area contributed by atoms with E-state index in [1.807, 2.05) is 12.1 Å². The van der Waals surface area contributed by atoms with Crippen LogP contribution in [-0.2, 0) is 24.1 Å². The number of Topliss-reactive ketones (excluding diaryl/α,β-unsaturated/α-hetero) is 1. The zero-order valence-corrected chi connectivity index (χ0v) is 20.8. The fraction of sp³-hybridized carbons (Fsp3) is 0.394. The lowest BCUT2D eigenvalue weighted by Gasteiger charge is -2.36. The number of fused-ring (bicyclic) bond motifs is 1. The van der Waals surface area contributed by atoms with Crippen LogP contribution >= 0.6 is 0 Å². The van der Waals surface area contributed by atoms with Gasteiger partial charge in [0.05, 0.1) is 0 Å². The largest absolute Gasteiger partial charge is 0.441 e. The van der Waals surface area contributed by atoms with Crippen molar-refractivity contribution in [2.45, 2.75) is 78.6 Å². The summed E-state index contributed by atoms with van der Waals surface area (Å²) in [6, 6.07) is 25.3. The van der Waals surface area contributed by atoms with Gasteiger partial charge in [0, 0.05) is 19.3 Å². The second kappa shape index (κ2) is 11.7. The van der Waals surface area contributed by atoms with Crippen LogP contribution in [0.1, 0.15) is 76.3 Å². The van der Waals surface area contributed by atoms with Gasteiger partial charge in [-0.25, -0.2) is 4.98 Å². The van der Waals surface area contributed by atoms with Gasteiger partial charge in [-0.05, 0) is 65.5 Å². The van der Waals surface area contributed by atoms with Crippen LogP contribution in [0.4, 0.5) is 0 Å². The van der Waals surface area contributed by atoms with Crippen molar-refractivity contribution in [2.75, 3.05) is 0 Å². The standard InChI is InChI=1S/C32H35NO2.CH4/c1-2-24-10-9-11-25(20-24)14-16-28(34)22-32(18-7-4-8-19-32)23-31-33-29-21-27(15-17-30(29)35-31)26-12-5-3-6-13-26;/h3,5-6,9-13,15,17,20-21H,2,4,7-8,14,16,18-19,22-23H2,1H3;1H4. The van der Waals surface area contributed by atoms with Crippen molar-refractivity contribution in [3.8, 4) is 11.1 Å². The third kappa shape index (κ3) is 6.13. The molecule has 0 saturated heterocycles. The quantitative estimate of drug-likeness (QED) is 0.240. The smallest absolute Gasteiger partial charge is 0.196 e. The maximum Gasteiger partial charge on any atom is 0.196 e. The third-order valence-corrected chi connectivity index (χ3v) is 7.64. The Bertz CT molecular complexity index is 1280. The van der Waals surface area contributed by atoms with E-state index in [1.54, 1.807) is 0 Å². The second-order valence-electron chi connectivity index (χ2n) is 10.3. The van der Waals surface area contributed by atoms with Gasteiger partial charge in [0.25, 0.3) is 0 Å². The van der Waals surface area contributed by atoms with Gasteiger partial charge in [-0.3, -0.25) is 4.79 Å². The molecule has 36 heavy (non-hydrogen) atoms. The highest BCUT2D eigenvalue weighted by Gasteiger charge is 2.36. The zero-order chi connectivity index (χ0) is 24.1. The van der Waals surface area contributed by atoms with E-state index in [9.17, 15) is 4.79 Å². The minimum absolute atomic E-state index is 0. The summed E-state index contributed by atoms with van der Waals surface area (Å²) >= 11 is 0. The highest BCUT2D eigenvalue weighted by molar-refractivity contribution is 5.81. The van der Waals surface area contributed by atoms with Crippen molar-refractivity contribution in [3.05, 3.63) is 89.8 Å². The number of hydrogen-bond acceptors (Lipinski definition) is 3. The Hall–Kier alpha value is -3.20. The first kappa shape index (κ1) is 25.9. The molecular weight excluding hydrogens is 442 g/mol. The van der Waals surface area contributed by atoms with Crippen LogP contribution in [0.25, 0.3) is 22.2 Å². The normalized spacial score (nSPS) is 14.9. The number of carbonyl (C=O) groups is 1. The molecule has 1 aliphatic rings. The first-order valence-electron chi connectivity index (χ1n) is 13.2. The molecule has 1 heterocycles. The minimum Gasteiger partial charge on any atom is -0.441 e. The van der Waals surface area contributed by atoms with E-state index < -0.39 is 0 Å². The third-order valence-electron chi connectivity index (χ3n) is 7.64. The number of oxazole rings is 1. The number of aryl methyl sites for hydroxylation is 2. The molecule has 0 N–H and O–H groups in total. The van der Waals surface area contributed by atoms with Gasteiger partial charge in [0.1, 0.15) is 11.3 Å². The molecule has 3 aromatic carbocycles. The van der Waals surface area contributed by atoms with Gasteiger partial charge in [-0.2, -0.15) is 0 Å². The first-order chi connectivity index (χ1) is 17.1. The average molecular weight is 482 g/mol. The lowest BCUT2D eigenvalue weighted by molar-refractivity contribution is -0.122. The molecule has 4 aromatic rings. The molecule has 0 radical (unpaired) electrons. The van der Waals surface area contributed by atoms with E-state index in [1.165, 1.54) is 36.0 Å². The average Bonchev–Trinajstić information content (AvgIpc) is 3.29. The molecule has 3 nitrogen and oxygen atoms in total. The zero-order valence-electron chi connectivity index (χ0n) is 20.8. The maximum absolute atomic E-state index is 13.2. The predicted molar refractivity (Wildman–Crippen MR) is 149 cm³/mol. The van der Waals surface area contributed by atoms with Crippen LogP contribution in [0.2, 0.25) is 0 Å². The Morgan fingerprint density at radius 3 is 2.44 bits per heavy atom. The number of hydrogen-bond donors (Lipinski definition) is 0. The Morgan fingerprint density at radius 2 is 1.67 bits per heavy atom. The molecule has 3 heteroatoms. The summed E-state index contributed by atoms with van der Waals surface area (Å²) in [6.45, 7) is 2.17. The molecule has 188 valence electrons. The summed E-state index contributed by atoms with van der Waals surface area (Å²) in [5, 5.41) is 0. The fourth-order valence-electron chi connectivity index (χ4n) is 5.70. The number of carbonyl (C=O) groups excluding carboxylic acids is 1. The summed E-state index contributed by atoms with van der Waals surface area (Å²) < 4.78 is 6.20. The molecule has 1 aliphatic carbocycles. The second-order valence-corrected chi connectivity index (χ2v) is 10.3. The fourth-order valence-corrected chi connectivity index (χ4v) is 5.70. The molecule has 0 aliphatic heterocycles.